The lowest BCUT2D eigenvalue weighted by Crippen LogP contribution is -2.05. The Morgan fingerprint density at radius 2 is 1.89 bits per heavy atom. The molecule has 0 amide bonds. The van der Waals surface area contributed by atoms with Crippen LogP contribution in [0.5, 0.6) is 0 Å². The summed E-state index contributed by atoms with van der Waals surface area (Å²) in [5, 5.41) is 9.26. The predicted octanol–water partition coefficient (Wildman–Crippen LogP) is 3.10. The van der Waals surface area contributed by atoms with Gasteiger partial charge < -0.3 is 5.11 Å². The van der Waals surface area contributed by atoms with E-state index >= 15 is 0 Å². The van der Waals surface area contributed by atoms with E-state index in [0.717, 1.165) is 0 Å². The number of halogens is 1. The lowest BCUT2D eigenvalue weighted by molar-refractivity contribution is 0.103. The van der Waals surface area contributed by atoms with Crippen LogP contribution in [0, 0.1) is 12.4 Å². The number of benzene rings is 2. The molecule has 1 N–H and O–H groups in total. The molecule has 0 aromatic heterocycles. The zero-order valence-corrected chi connectivity index (χ0v) is 9.93. The summed E-state index contributed by atoms with van der Waals surface area (Å²) < 4.78 is 12.8. The lowest BCUT2D eigenvalue weighted by Gasteiger charge is -2.07. The first-order valence-corrected chi connectivity index (χ1v) is 5.57. The van der Waals surface area contributed by atoms with E-state index in [4.69, 9.17) is 6.57 Å². The van der Waals surface area contributed by atoms with E-state index in [1.165, 1.54) is 42.5 Å². The smallest absolute Gasteiger partial charge is 0.193 e. The zero-order valence-electron chi connectivity index (χ0n) is 9.93. The Kier molecular flexibility index (Phi) is 3.69. The van der Waals surface area contributed by atoms with E-state index in [2.05, 4.69) is 4.85 Å². The molecule has 4 heteroatoms. The summed E-state index contributed by atoms with van der Waals surface area (Å²) in [6.45, 7) is 6.57. The molecule has 0 aliphatic rings. The number of nitrogens with zero attached hydrogens (tertiary/aromatic N) is 1. The summed E-state index contributed by atoms with van der Waals surface area (Å²) in [5.74, 6) is -0.720. The minimum atomic E-state index is -0.415. The van der Waals surface area contributed by atoms with Gasteiger partial charge >= 0.3 is 0 Å². The molecule has 0 heterocycles. The highest BCUT2D eigenvalue weighted by Gasteiger charge is 2.13. The number of aliphatic hydroxyl groups excluding tert-OH is 1. The van der Waals surface area contributed by atoms with Gasteiger partial charge in [-0.25, -0.2) is 9.24 Å². The van der Waals surface area contributed by atoms with Crippen LogP contribution in [0.4, 0.5) is 10.1 Å². The molecular formula is C15H10FNO2. The highest BCUT2D eigenvalue weighted by Crippen LogP contribution is 2.21. The molecule has 2 aromatic carbocycles. The molecule has 3 nitrogen and oxygen atoms in total. The SMILES string of the molecule is [C-]#[N+]c1ccc(C(=O)c2ccc(F)cc2)c(CO)c1. The third-order valence-corrected chi connectivity index (χ3v) is 2.74. The summed E-state index contributed by atoms with van der Waals surface area (Å²) in [6.07, 6.45) is 0. The van der Waals surface area contributed by atoms with Crippen LogP contribution in [0.25, 0.3) is 4.85 Å². The van der Waals surface area contributed by atoms with Crippen molar-refractivity contribution in [1.82, 2.24) is 0 Å². The van der Waals surface area contributed by atoms with Crippen molar-refractivity contribution >= 4 is 11.5 Å². The van der Waals surface area contributed by atoms with Crippen molar-refractivity contribution in [1.29, 1.82) is 0 Å². The third kappa shape index (κ3) is 2.67. The van der Waals surface area contributed by atoms with Gasteiger partial charge in [-0.1, -0.05) is 18.2 Å². The number of ketones is 1. The van der Waals surface area contributed by atoms with Crippen LogP contribution >= 0.6 is 0 Å². The molecule has 0 spiro atoms. The van der Waals surface area contributed by atoms with Gasteiger partial charge in [0, 0.05) is 11.1 Å². The fraction of sp³-hybridized carbons (Fsp3) is 0.0667. The molecular weight excluding hydrogens is 245 g/mol. The van der Waals surface area contributed by atoms with Crippen molar-refractivity contribution in [3.63, 3.8) is 0 Å². The lowest BCUT2D eigenvalue weighted by atomic mass is 9.98. The number of carbonyl (C=O) groups excluding carboxylic acids is 1. The molecule has 0 aliphatic heterocycles. The van der Waals surface area contributed by atoms with E-state index in [0.29, 0.717) is 22.4 Å². The summed E-state index contributed by atoms with van der Waals surface area (Å²) in [7, 11) is 0. The van der Waals surface area contributed by atoms with Gasteiger partial charge in [0.05, 0.1) is 13.2 Å². The van der Waals surface area contributed by atoms with Crippen LogP contribution in [0.3, 0.4) is 0 Å². The molecule has 0 radical (unpaired) electrons. The number of carbonyl (C=O) groups is 1. The van der Waals surface area contributed by atoms with Gasteiger partial charge in [0.2, 0.25) is 0 Å². The van der Waals surface area contributed by atoms with Gasteiger partial charge in [-0.3, -0.25) is 4.79 Å². The van der Waals surface area contributed by atoms with E-state index in [-0.39, 0.29) is 12.4 Å². The van der Waals surface area contributed by atoms with Gasteiger partial charge in [0.1, 0.15) is 5.82 Å². The fourth-order valence-electron chi connectivity index (χ4n) is 1.76. The normalized spacial score (nSPS) is 9.95. The number of hydrogen-bond donors (Lipinski definition) is 1. The van der Waals surface area contributed by atoms with Crippen molar-refractivity contribution in [2.45, 2.75) is 6.61 Å². The maximum absolute atomic E-state index is 12.8. The number of hydrogen-bond acceptors (Lipinski definition) is 2. The highest BCUT2D eigenvalue weighted by atomic mass is 19.1. The molecule has 2 aromatic rings. The van der Waals surface area contributed by atoms with Crippen LogP contribution in [0.15, 0.2) is 42.5 Å². The third-order valence-electron chi connectivity index (χ3n) is 2.74. The Bertz CT molecular complexity index is 657. The number of aliphatic hydroxyl groups is 1. The fourth-order valence-corrected chi connectivity index (χ4v) is 1.76. The standard InChI is InChI=1S/C15H10FNO2/c1-17-13-6-7-14(11(8-13)9-18)15(19)10-2-4-12(16)5-3-10/h2-8,18H,9H2. The van der Waals surface area contributed by atoms with Crippen molar-refractivity contribution in [2.75, 3.05) is 0 Å². The van der Waals surface area contributed by atoms with Gasteiger partial charge in [0.15, 0.2) is 11.5 Å². The second-order valence-corrected chi connectivity index (χ2v) is 3.95. The Hall–Kier alpha value is -2.51. The Morgan fingerprint density at radius 1 is 1.21 bits per heavy atom. The summed E-state index contributed by atoms with van der Waals surface area (Å²) in [6, 6.07) is 9.69. The Morgan fingerprint density at radius 3 is 2.47 bits per heavy atom. The molecule has 0 bridgehead atoms. The van der Waals surface area contributed by atoms with Crippen molar-refractivity contribution in [3.8, 4) is 0 Å². The molecule has 0 saturated heterocycles. The van der Waals surface area contributed by atoms with Crippen LogP contribution < -0.4 is 0 Å². The van der Waals surface area contributed by atoms with Crippen LogP contribution in [-0.4, -0.2) is 10.9 Å². The molecule has 19 heavy (non-hydrogen) atoms. The molecule has 0 saturated carbocycles. The quantitative estimate of drug-likeness (QED) is 0.676. The van der Waals surface area contributed by atoms with Crippen LogP contribution in [-0.2, 0) is 6.61 Å². The maximum Gasteiger partial charge on any atom is 0.193 e. The van der Waals surface area contributed by atoms with E-state index < -0.39 is 5.82 Å². The molecule has 94 valence electrons. The Labute approximate surface area is 109 Å². The topological polar surface area (TPSA) is 41.7 Å². The Balaban J connectivity index is 2.44. The summed E-state index contributed by atoms with van der Waals surface area (Å²) in [4.78, 5) is 15.5. The molecule has 0 atom stereocenters. The van der Waals surface area contributed by atoms with E-state index in [1.54, 1.807) is 0 Å². The minimum Gasteiger partial charge on any atom is -0.392 e. The van der Waals surface area contributed by atoms with Crippen molar-refractivity contribution < 1.29 is 14.3 Å². The first-order chi connectivity index (χ1) is 9.15. The summed E-state index contributed by atoms with van der Waals surface area (Å²) >= 11 is 0. The first kappa shape index (κ1) is 12.9. The minimum absolute atomic E-state index is 0.305. The average molecular weight is 255 g/mol. The second kappa shape index (κ2) is 5.42. The van der Waals surface area contributed by atoms with E-state index in [1.807, 2.05) is 0 Å². The van der Waals surface area contributed by atoms with Gasteiger partial charge in [-0.2, -0.15) is 0 Å². The van der Waals surface area contributed by atoms with Crippen LogP contribution in [0.1, 0.15) is 21.5 Å². The van der Waals surface area contributed by atoms with Gasteiger partial charge in [0.25, 0.3) is 0 Å². The number of rotatable bonds is 3. The van der Waals surface area contributed by atoms with Crippen LogP contribution in [0.2, 0.25) is 0 Å². The average Bonchev–Trinajstić information content (AvgIpc) is 2.46. The molecule has 2 rings (SSSR count). The largest absolute Gasteiger partial charge is 0.392 e. The molecule has 0 unspecified atom stereocenters. The molecule has 0 fully saturated rings. The predicted molar refractivity (Wildman–Crippen MR) is 68.5 cm³/mol. The van der Waals surface area contributed by atoms with Crippen molar-refractivity contribution in [2.24, 2.45) is 0 Å². The second-order valence-electron chi connectivity index (χ2n) is 3.95. The maximum atomic E-state index is 12.8. The first-order valence-electron chi connectivity index (χ1n) is 5.57. The summed E-state index contributed by atoms with van der Waals surface area (Å²) in [5.41, 5.74) is 1.41. The van der Waals surface area contributed by atoms with E-state index in [9.17, 15) is 14.3 Å². The van der Waals surface area contributed by atoms with Crippen molar-refractivity contribution in [3.05, 3.63) is 76.4 Å². The van der Waals surface area contributed by atoms with Gasteiger partial charge in [-0.15, -0.1) is 0 Å². The van der Waals surface area contributed by atoms with Gasteiger partial charge in [-0.05, 0) is 29.8 Å². The molecule has 0 aliphatic carbocycles. The zero-order chi connectivity index (χ0) is 13.8. The monoisotopic (exact) mass is 255 g/mol. The highest BCUT2D eigenvalue weighted by molar-refractivity contribution is 6.10.